The fraction of sp³-hybridized carbons (Fsp3) is 0.944. The second kappa shape index (κ2) is 12.3. The number of aliphatic imine (C=N–C) groups is 1. The molecule has 2 aliphatic rings. The number of nitrogens with zero attached hydrogens (tertiary/aromatic N) is 2. The van der Waals surface area contributed by atoms with Crippen molar-refractivity contribution in [3.8, 4) is 0 Å². The first-order valence-corrected chi connectivity index (χ1v) is 9.50. The smallest absolute Gasteiger partial charge is 0.191 e. The van der Waals surface area contributed by atoms with Crippen LogP contribution < -0.4 is 10.6 Å². The van der Waals surface area contributed by atoms with Crippen LogP contribution in [0.5, 0.6) is 0 Å². The zero-order valence-electron chi connectivity index (χ0n) is 16.3. The topological polar surface area (TPSA) is 58.1 Å². The Morgan fingerprint density at radius 2 is 2.00 bits per heavy atom. The van der Waals surface area contributed by atoms with Crippen LogP contribution in [0, 0.1) is 5.92 Å². The summed E-state index contributed by atoms with van der Waals surface area (Å²) < 4.78 is 11.2. The Kier molecular flexibility index (Phi) is 11.3. The lowest BCUT2D eigenvalue weighted by molar-refractivity contribution is -0.0320. The predicted molar refractivity (Wildman–Crippen MR) is 114 cm³/mol. The van der Waals surface area contributed by atoms with Crippen molar-refractivity contribution in [2.45, 2.75) is 58.2 Å². The number of halogens is 1. The largest absolute Gasteiger partial charge is 0.381 e. The average molecular weight is 468 g/mol. The minimum Gasteiger partial charge on any atom is -0.381 e. The first-order chi connectivity index (χ1) is 11.6. The number of rotatable bonds is 7. The minimum atomic E-state index is 0. The summed E-state index contributed by atoms with van der Waals surface area (Å²) in [6.07, 6.45) is 3.44. The highest BCUT2D eigenvalue weighted by Gasteiger charge is 2.31. The summed E-state index contributed by atoms with van der Waals surface area (Å²) in [5.74, 6) is 1.55. The number of guanidine groups is 1. The highest BCUT2D eigenvalue weighted by atomic mass is 127. The van der Waals surface area contributed by atoms with Crippen molar-refractivity contribution in [1.82, 2.24) is 15.5 Å². The third-order valence-electron chi connectivity index (χ3n) is 5.05. The van der Waals surface area contributed by atoms with E-state index in [2.05, 4.69) is 41.3 Å². The van der Waals surface area contributed by atoms with Gasteiger partial charge in [-0.05, 0) is 39.0 Å². The van der Waals surface area contributed by atoms with Crippen LogP contribution >= 0.6 is 24.0 Å². The fourth-order valence-corrected chi connectivity index (χ4v) is 3.36. The molecule has 0 aromatic carbocycles. The molecular weight excluding hydrogens is 431 g/mol. The first-order valence-electron chi connectivity index (χ1n) is 9.50. The molecule has 7 heteroatoms. The van der Waals surface area contributed by atoms with Crippen molar-refractivity contribution in [1.29, 1.82) is 0 Å². The summed E-state index contributed by atoms with van der Waals surface area (Å²) >= 11 is 0. The van der Waals surface area contributed by atoms with Gasteiger partial charge in [0, 0.05) is 58.6 Å². The van der Waals surface area contributed by atoms with Crippen molar-refractivity contribution < 1.29 is 9.47 Å². The molecule has 0 spiro atoms. The second-order valence-electron chi connectivity index (χ2n) is 7.31. The molecule has 2 unspecified atom stereocenters. The Balaban J connectivity index is 0.00000312. The van der Waals surface area contributed by atoms with Crippen molar-refractivity contribution in [3.63, 3.8) is 0 Å². The lowest BCUT2D eigenvalue weighted by atomic mass is 10.1. The number of ether oxygens (including phenoxy) is 2. The first kappa shape index (κ1) is 22.9. The van der Waals surface area contributed by atoms with Gasteiger partial charge in [-0.2, -0.15) is 0 Å². The molecule has 0 bridgehead atoms. The van der Waals surface area contributed by atoms with Gasteiger partial charge in [-0.15, -0.1) is 24.0 Å². The number of likely N-dealkylation sites (tertiary alicyclic amines) is 1. The number of nitrogens with one attached hydrogen (secondary N) is 2. The van der Waals surface area contributed by atoms with Crippen molar-refractivity contribution in [2.75, 3.05) is 46.5 Å². The van der Waals surface area contributed by atoms with Crippen molar-refractivity contribution >= 4 is 29.9 Å². The van der Waals surface area contributed by atoms with Crippen LogP contribution in [0.3, 0.4) is 0 Å². The lowest BCUT2D eigenvalue weighted by Crippen LogP contribution is -2.47. The summed E-state index contributed by atoms with van der Waals surface area (Å²) in [6, 6.07) is 1.08. The molecular formula is C18H37IN4O2. The Hall–Kier alpha value is -0.120. The molecule has 25 heavy (non-hydrogen) atoms. The Morgan fingerprint density at radius 1 is 1.28 bits per heavy atom. The predicted octanol–water partition coefficient (Wildman–Crippen LogP) is 2.08. The molecule has 6 nitrogen and oxygen atoms in total. The average Bonchev–Trinajstić information content (AvgIpc) is 2.95. The van der Waals surface area contributed by atoms with E-state index < -0.39 is 0 Å². The zero-order valence-corrected chi connectivity index (χ0v) is 18.6. The van der Waals surface area contributed by atoms with Gasteiger partial charge in [-0.3, -0.25) is 9.89 Å². The highest BCUT2D eigenvalue weighted by Crippen LogP contribution is 2.18. The Labute approximate surface area is 170 Å². The molecule has 2 aliphatic heterocycles. The van der Waals surface area contributed by atoms with Gasteiger partial charge in [-0.1, -0.05) is 6.92 Å². The van der Waals surface area contributed by atoms with Gasteiger partial charge < -0.3 is 20.1 Å². The van der Waals surface area contributed by atoms with E-state index in [0.717, 1.165) is 64.7 Å². The van der Waals surface area contributed by atoms with Gasteiger partial charge in [0.1, 0.15) is 0 Å². The summed E-state index contributed by atoms with van der Waals surface area (Å²) in [5.41, 5.74) is 0. The molecule has 2 atom stereocenters. The van der Waals surface area contributed by atoms with E-state index in [-0.39, 0.29) is 24.0 Å². The van der Waals surface area contributed by atoms with E-state index in [9.17, 15) is 0 Å². The van der Waals surface area contributed by atoms with Crippen LogP contribution in [-0.2, 0) is 9.47 Å². The Morgan fingerprint density at radius 3 is 2.60 bits per heavy atom. The highest BCUT2D eigenvalue weighted by molar-refractivity contribution is 14.0. The third kappa shape index (κ3) is 7.97. The van der Waals surface area contributed by atoms with Crippen LogP contribution in [0.25, 0.3) is 0 Å². The molecule has 0 radical (unpaired) electrons. The Bertz CT molecular complexity index is 389. The van der Waals surface area contributed by atoms with E-state index in [0.29, 0.717) is 24.1 Å². The van der Waals surface area contributed by atoms with Gasteiger partial charge >= 0.3 is 0 Å². The lowest BCUT2D eigenvalue weighted by Gasteiger charge is -2.23. The SMILES string of the molecule is CN=C(NCCCOC1CCOCC1)NC1CN(C(C)C)CC1C.I. The monoisotopic (exact) mass is 468 g/mol. The molecule has 2 heterocycles. The molecule has 2 saturated heterocycles. The zero-order chi connectivity index (χ0) is 17.4. The molecule has 2 fully saturated rings. The molecule has 0 aromatic rings. The molecule has 148 valence electrons. The molecule has 0 aliphatic carbocycles. The van der Waals surface area contributed by atoms with E-state index in [1.807, 2.05) is 7.05 Å². The molecule has 2 rings (SSSR count). The maximum atomic E-state index is 5.90. The number of hydrogen-bond acceptors (Lipinski definition) is 4. The van der Waals surface area contributed by atoms with Gasteiger partial charge in [-0.25, -0.2) is 0 Å². The van der Waals surface area contributed by atoms with Gasteiger partial charge in [0.15, 0.2) is 5.96 Å². The van der Waals surface area contributed by atoms with Crippen LogP contribution in [0.4, 0.5) is 0 Å². The maximum absolute atomic E-state index is 5.90. The van der Waals surface area contributed by atoms with Gasteiger partial charge in [0.05, 0.1) is 6.10 Å². The summed E-state index contributed by atoms with van der Waals surface area (Å²) in [6.45, 7) is 12.5. The van der Waals surface area contributed by atoms with Crippen LogP contribution in [0.1, 0.15) is 40.0 Å². The quantitative estimate of drug-likeness (QED) is 0.260. The summed E-state index contributed by atoms with van der Waals surface area (Å²) in [4.78, 5) is 6.89. The van der Waals surface area contributed by atoms with Crippen LogP contribution in [0.15, 0.2) is 4.99 Å². The standard InChI is InChI=1S/C18H36N4O2.HI/c1-14(2)22-12-15(3)17(13-22)21-18(19-4)20-8-5-9-24-16-6-10-23-11-7-16;/h14-17H,5-13H2,1-4H3,(H2,19,20,21);1H. The maximum Gasteiger partial charge on any atom is 0.191 e. The van der Waals surface area contributed by atoms with E-state index in [1.54, 1.807) is 0 Å². The number of hydrogen-bond donors (Lipinski definition) is 2. The van der Waals surface area contributed by atoms with Gasteiger partial charge in [0.25, 0.3) is 0 Å². The minimum absolute atomic E-state index is 0. The van der Waals surface area contributed by atoms with E-state index in [1.165, 1.54) is 0 Å². The summed E-state index contributed by atoms with van der Waals surface area (Å²) in [7, 11) is 1.84. The third-order valence-corrected chi connectivity index (χ3v) is 5.05. The van der Waals surface area contributed by atoms with Crippen molar-refractivity contribution in [2.24, 2.45) is 10.9 Å². The fourth-order valence-electron chi connectivity index (χ4n) is 3.36. The van der Waals surface area contributed by atoms with E-state index in [4.69, 9.17) is 9.47 Å². The second-order valence-corrected chi connectivity index (χ2v) is 7.31. The normalized spacial score (nSPS) is 25.9. The molecule has 0 saturated carbocycles. The van der Waals surface area contributed by atoms with Gasteiger partial charge in [0.2, 0.25) is 0 Å². The van der Waals surface area contributed by atoms with Crippen LogP contribution in [-0.4, -0.2) is 75.5 Å². The molecule has 0 aromatic heterocycles. The summed E-state index contributed by atoms with van der Waals surface area (Å²) in [5, 5.41) is 6.99. The van der Waals surface area contributed by atoms with Crippen molar-refractivity contribution in [3.05, 3.63) is 0 Å². The van der Waals surface area contributed by atoms with Crippen LogP contribution in [0.2, 0.25) is 0 Å². The van der Waals surface area contributed by atoms with E-state index >= 15 is 0 Å². The molecule has 0 amide bonds. The molecule has 2 N–H and O–H groups in total.